The maximum absolute atomic E-state index is 12.0. The van der Waals surface area contributed by atoms with Gasteiger partial charge in [-0.05, 0) is 50.3 Å². The predicted molar refractivity (Wildman–Crippen MR) is 119 cm³/mol. The number of anilines is 1. The summed E-state index contributed by atoms with van der Waals surface area (Å²) in [5.74, 6) is 0.398. The molecule has 2 aromatic heterocycles. The molecule has 2 heterocycles. The van der Waals surface area contributed by atoms with Crippen molar-refractivity contribution in [2.45, 2.75) is 51.1 Å². The number of allylic oxidation sites excluding steroid dienone is 1. The minimum absolute atomic E-state index is 0.0182. The van der Waals surface area contributed by atoms with Crippen molar-refractivity contribution in [2.75, 3.05) is 5.73 Å². The normalized spacial score (nSPS) is 19.4. The molecule has 0 atom stereocenters. The average molecular weight is 425 g/mol. The lowest BCUT2D eigenvalue weighted by molar-refractivity contribution is -0.117. The first-order chi connectivity index (χ1) is 14.6. The van der Waals surface area contributed by atoms with Crippen molar-refractivity contribution in [3.05, 3.63) is 47.8 Å². The quantitative estimate of drug-likeness (QED) is 0.595. The van der Waals surface area contributed by atoms with E-state index < -0.39 is 0 Å². The number of nitrogens with zero attached hydrogens (tertiary/aromatic N) is 4. The number of benzene rings is 1. The molecule has 1 saturated carbocycles. The molecule has 1 aliphatic carbocycles. The van der Waals surface area contributed by atoms with Crippen molar-refractivity contribution >= 4 is 34.4 Å². The van der Waals surface area contributed by atoms with Crippen LogP contribution in [0.25, 0.3) is 22.3 Å². The molecule has 3 aromatic rings. The van der Waals surface area contributed by atoms with Crippen LogP contribution in [0.15, 0.2) is 42.7 Å². The molecule has 8 heteroatoms. The fraction of sp³-hybridized carbons (Fsp3) is 0.364. The number of carbonyl (C=O) groups is 1. The lowest BCUT2D eigenvalue weighted by Gasteiger charge is -2.29. The highest BCUT2D eigenvalue weighted by atomic mass is 35.5. The monoisotopic (exact) mass is 424 g/mol. The Balaban J connectivity index is 1.58. The van der Waals surface area contributed by atoms with Crippen molar-refractivity contribution in [1.82, 2.24) is 25.1 Å². The molecule has 0 saturated heterocycles. The van der Waals surface area contributed by atoms with E-state index in [1.54, 1.807) is 6.08 Å². The maximum Gasteiger partial charge on any atom is 0.243 e. The van der Waals surface area contributed by atoms with Crippen molar-refractivity contribution in [1.29, 1.82) is 0 Å². The van der Waals surface area contributed by atoms with Gasteiger partial charge in [-0.2, -0.15) is 5.10 Å². The molecule has 30 heavy (non-hydrogen) atoms. The van der Waals surface area contributed by atoms with E-state index in [9.17, 15) is 4.79 Å². The highest BCUT2D eigenvalue weighted by Crippen LogP contribution is 2.36. The summed E-state index contributed by atoms with van der Waals surface area (Å²) in [4.78, 5) is 20.6. The molecule has 0 radical (unpaired) electrons. The summed E-state index contributed by atoms with van der Waals surface area (Å²) in [5, 5.41) is 9.42. The Morgan fingerprint density at radius 2 is 1.97 bits per heavy atom. The van der Waals surface area contributed by atoms with Gasteiger partial charge in [0, 0.05) is 16.6 Å². The lowest BCUT2D eigenvalue weighted by Crippen LogP contribution is -2.37. The second-order valence-electron chi connectivity index (χ2n) is 7.58. The summed E-state index contributed by atoms with van der Waals surface area (Å²) in [7, 11) is 0. The fourth-order valence-electron chi connectivity index (χ4n) is 4.00. The molecule has 0 spiro atoms. The number of nitrogens with two attached hydrogens (primary N) is 1. The number of hydrogen-bond donors (Lipinski definition) is 2. The minimum atomic E-state index is -0.0182. The predicted octanol–water partition coefficient (Wildman–Crippen LogP) is 4.30. The molecule has 4 rings (SSSR count). The third-order valence-corrected chi connectivity index (χ3v) is 5.78. The first-order valence-corrected chi connectivity index (χ1v) is 10.7. The number of halogens is 1. The summed E-state index contributed by atoms with van der Waals surface area (Å²) in [6, 6.07) is 7.91. The molecule has 0 bridgehead atoms. The summed E-state index contributed by atoms with van der Waals surface area (Å²) < 4.78 is 1.98. The van der Waals surface area contributed by atoms with E-state index in [0.717, 1.165) is 54.4 Å². The third-order valence-electron chi connectivity index (χ3n) is 5.53. The maximum atomic E-state index is 12.0. The van der Waals surface area contributed by atoms with Gasteiger partial charge >= 0.3 is 0 Å². The van der Waals surface area contributed by atoms with E-state index in [2.05, 4.69) is 15.3 Å². The van der Waals surface area contributed by atoms with Gasteiger partial charge in [0.15, 0.2) is 5.65 Å². The van der Waals surface area contributed by atoms with Gasteiger partial charge in [0.2, 0.25) is 5.91 Å². The van der Waals surface area contributed by atoms with E-state index >= 15 is 0 Å². The molecule has 1 aromatic carbocycles. The largest absolute Gasteiger partial charge is 0.383 e. The molecular weight excluding hydrogens is 400 g/mol. The zero-order valence-corrected chi connectivity index (χ0v) is 17.6. The molecular formula is C22H25ClN6O. The van der Waals surface area contributed by atoms with Crippen LogP contribution in [0.1, 0.15) is 45.1 Å². The number of fused-ring (bicyclic) bond motifs is 1. The molecule has 3 N–H and O–H groups in total. The van der Waals surface area contributed by atoms with Crippen LogP contribution in [0.4, 0.5) is 5.82 Å². The van der Waals surface area contributed by atoms with Gasteiger partial charge in [-0.25, -0.2) is 14.6 Å². The average Bonchev–Trinajstić information content (AvgIpc) is 3.14. The molecule has 1 fully saturated rings. The van der Waals surface area contributed by atoms with Crippen molar-refractivity contribution in [3.63, 3.8) is 0 Å². The highest BCUT2D eigenvalue weighted by molar-refractivity contribution is 6.30. The number of carbonyl (C=O) groups excluding carboxylic acids is 1. The first kappa shape index (κ1) is 20.3. The number of nitrogen functional groups attached to an aromatic ring is 1. The van der Waals surface area contributed by atoms with Gasteiger partial charge in [0.1, 0.15) is 17.8 Å². The Morgan fingerprint density at radius 3 is 2.67 bits per heavy atom. The number of hydrogen-bond acceptors (Lipinski definition) is 5. The Hall–Kier alpha value is -2.93. The molecule has 1 amide bonds. The number of aromatic nitrogens is 4. The summed E-state index contributed by atoms with van der Waals surface area (Å²) >= 11 is 6.04. The number of rotatable bonds is 5. The van der Waals surface area contributed by atoms with Crippen molar-refractivity contribution < 1.29 is 4.79 Å². The second-order valence-corrected chi connectivity index (χ2v) is 8.02. The highest BCUT2D eigenvalue weighted by Gasteiger charge is 2.27. The minimum Gasteiger partial charge on any atom is -0.383 e. The van der Waals surface area contributed by atoms with Gasteiger partial charge in [-0.15, -0.1) is 0 Å². The van der Waals surface area contributed by atoms with Crippen molar-refractivity contribution in [3.8, 4) is 11.3 Å². The van der Waals surface area contributed by atoms with Gasteiger partial charge in [0.05, 0.1) is 11.4 Å². The topological polar surface area (TPSA) is 98.7 Å². The van der Waals surface area contributed by atoms with Crippen LogP contribution in [-0.2, 0) is 4.79 Å². The van der Waals surface area contributed by atoms with E-state index in [1.165, 1.54) is 6.33 Å². The number of nitrogens with one attached hydrogen (secondary N) is 1. The Bertz CT molecular complexity index is 1070. The van der Waals surface area contributed by atoms with Gasteiger partial charge in [-0.1, -0.05) is 36.7 Å². The molecule has 0 unspecified atom stereocenters. The van der Waals surface area contributed by atoms with E-state index in [4.69, 9.17) is 22.4 Å². The van der Waals surface area contributed by atoms with Gasteiger partial charge < -0.3 is 11.1 Å². The van der Waals surface area contributed by atoms with Crippen molar-refractivity contribution in [2.24, 2.45) is 0 Å². The summed E-state index contributed by atoms with van der Waals surface area (Å²) in [6.07, 6.45) is 9.43. The summed E-state index contributed by atoms with van der Waals surface area (Å²) in [6.45, 7) is 2.01. The number of amides is 1. The van der Waals surface area contributed by atoms with Crippen LogP contribution in [-0.4, -0.2) is 31.7 Å². The van der Waals surface area contributed by atoms with E-state index in [0.29, 0.717) is 10.8 Å². The van der Waals surface area contributed by atoms with Crippen LogP contribution in [0.5, 0.6) is 0 Å². The van der Waals surface area contributed by atoms with E-state index in [1.807, 2.05) is 41.9 Å². The molecule has 1 aliphatic rings. The Labute approximate surface area is 180 Å². The third kappa shape index (κ3) is 4.16. The fourth-order valence-corrected chi connectivity index (χ4v) is 4.12. The zero-order chi connectivity index (χ0) is 21.1. The van der Waals surface area contributed by atoms with Crippen LogP contribution < -0.4 is 11.1 Å². The van der Waals surface area contributed by atoms with E-state index in [-0.39, 0.29) is 18.0 Å². The smallest absolute Gasteiger partial charge is 0.243 e. The zero-order valence-electron chi connectivity index (χ0n) is 16.9. The van der Waals surface area contributed by atoms with Gasteiger partial charge in [0.25, 0.3) is 0 Å². The second kappa shape index (κ2) is 8.83. The van der Waals surface area contributed by atoms with Gasteiger partial charge in [-0.3, -0.25) is 4.79 Å². The van der Waals surface area contributed by atoms with Crippen LogP contribution in [0.2, 0.25) is 5.02 Å². The van der Waals surface area contributed by atoms with Crippen LogP contribution >= 0.6 is 11.6 Å². The molecule has 156 valence electrons. The SMILES string of the molecule is CC/C=C/C(=O)NC1CCC(n2nc(-c3ccc(Cl)cc3)c3c(N)ncnc32)CC1. The Morgan fingerprint density at radius 1 is 1.23 bits per heavy atom. The molecule has 0 aliphatic heterocycles. The molecule has 7 nitrogen and oxygen atoms in total. The lowest BCUT2D eigenvalue weighted by atomic mass is 9.91. The van der Waals surface area contributed by atoms with Crippen LogP contribution in [0.3, 0.4) is 0 Å². The Kier molecular flexibility index (Phi) is 5.99. The standard InChI is InChI=1S/C22H25ClN6O/c1-2-3-4-18(30)27-16-9-11-17(12-10-16)29-22-19(21(24)25-13-26-22)20(28-29)14-5-7-15(23)8-6-14/h3-8,13,16-17H,2,9-12H2,1H3,(H,27,30)(H2,24,25,26)/b4-3+. The van der Waals surface area contributed by atoms with Crippen LogP contribution in [0, 0.1) is 0 Å². The summed E-state index contributed by atoms with van der Waals surface area (Å²) in [5.41, 5.74) is 8.63. The first-order valence-electron chi connectivity index (χ1n) is 10.3.